The second-order valence-electron chi connectivity index (χ2n) is 24.3. The summed E-state index contributed by atoms with van der Waals surface area (Å²) in [5.41, 5.74) is 3.08. The van der Waals surface area contributed by atoms with Gasteiger partial charge in [-0.05, 0) is 141 Å². The fourth-order valence-electron chi connectivity index (χ4n) is 15.9. The Hall–Kier alpha value is -5.29. The Kier molecular flexibility index (Phi) is 17.7. The highest BCUT2D eigenvalue weighted by Gasteiger charge is 2.70. The molecule has 8 aliphatic rings. The molecular formula is C66H78N2O15S2. The van der Waals surface area contributed by atoms with Gasteiger partial charge in [0.15, 0.2) is 11.9 Å². The van der Waals surface area contributed by atoms with Crippen LogP contribution in [0.25, 0.3) is 16.5 Å². The van der Waals surface area contributed by atoms with Gasteiger partial charge in [-0.25, -0.2) is 4.79 Å². The van der Waals surface area contributed by atoms with Crippen molar-refractivity contribution in [3.05, 3.63) is 128 Å². The number of fused-ring (bicyclic) bond motifs is 12. The number of esters is 1. The summed E-state index contributed by atoms with van der Waals surface area (Å²) >= 11 is 0. The number of ketones is 1. The van der Waals surface area contributed by atoms with Crippen LogP contribution in [-0.4, -0.2) is 159 Å². The summed E-state index contributed by atoms with van der Waals surface area (Å²) < 4.78 is 32.6. The molecule has 12 atom stereocenters. The molecule has 1 spiro atoms. The average Bonchev–Trinajstić information content (AvgIpc) is 2.04. The van der Waals surface area contributed by atoms with Crippen LogP contribution >= 0.6 is 21.6 Å². The number of benzene rings is 3. The van der Waals surface area contributed by atoms with Gasteiger partial charge >= 0.3 is 5.97 Å². The number of Topliss-reactive ketones (excluding diaryl/α,β-unsaturated/α-hetero) is 1. The topological polar surface area (TPSA) is 258 Å². The number of aryl methyl sites for hydroxylation is 2. The first kappa shape index (κ1) is 60.0. The quantitative estimate of drug-likeness (QED) is 0.0225. The molecule has 0 amide bonds. The average molecular weight is 1200 g/mol. The number of carbonyl (C=O) groups excluding carboxylic acids is 3. The molecule has 454 valence electrons. The molecule has 19 heteroatoms. The van der Waals surface area contributed by atoms with Crippen molar-refractivity contribution in [3.8, 4) is 17.2 Å². The van der Waals surface area contributed by atoms with E-state index in [4.69, 9.17) is 23.7 Å². The lowest BCUT2D eigenvalue weighted by Crippen LogP contribution is -2.73. The van der Waals surface area contributed by atoms with E-state index < -0.39 is 77.8 Å². The summed E-state index contributed by atoms with van der Waals surface area (Å²) in [4.78, 5) is 49.0. The lowest BCUT2D eigenvalue weighted by atomic mass is 9.48. The summed E-state index contributed by atoms with van der Waals surface area (Å²) in [7, 11) is 5.01. The van der Waals surface area contributed by atoms with Crippen LogP contribution in [0.2, 0.25) is 0 Å². The van der Waals surface area contributed by atoms with Gasteiger partial charge in [-0.15, -0.1) is 0 Å². The zero-order valence-corrected chi connectivity index (χ0v) is 49.8. The van der Waals surface area contributed by atoms with E-state index in [1.54, 1.807) is 35.6 Å². The van der Waals surface area contributed by atoms with Crippen LogP contribution in [0, 0.1) is 35.5 Å². The van der Waals surface area contributed by atoms with Gasteiger partial charge in [0.05, 0.1) is 61.1 Å². The molecule has 0 radical (unpaired) electrons. The van der Waals surface area contributed by atoms with Gasteiger partial charge in [0, 0.05) is 104 Å². The Balaban J connectivity index is 1.08. The Morgan fingerprint density at radius 3 is 2.58 bits per heavy atom. The SMILES string of the molecule is CCOC(=O)C1=C(C=O)C2=C3CC(CO)C(=O)C(C3)c3cc4cc[nH]c4cc3CCC(CO)COc3c4c(c(CO)c(c32)O1)OC1(C=CC(CCO)C2C3=CC5C(CSSC(CO)c6ccccc6CCC3O)N(CCCOC)CCC5C21O)C4. The minimum absolute atomic E-state index is 0.00405. The third-order valence-electron chi connectivity index (χ3n) is 19.9. The van der Waals surface area contributed by atoms with Gasteiger partial charge in [-0.1, -0.05) is 63.6 Å². The molecular weight excluding hydrogens is 1120 g/mol. The zero-order chi connectivity index (χ0) is 59.3. The van der Waals surface area contributed by atoms with Crippen LogP contribution in [0.1, 0.15) is 102 Å². The highest BCUT2D eigenvalue weighted by molar-refractivity contribution is 8.76. The van der Waals surface area contributed by atoms with Crippen LogP contribution in [0.15, 0.2) is 89.4 Å². The Labute approximate surface area is 502 Å². The summed E-state index contributed by atoms with van der Waals surface area (Å²) in [6, 6.07) is 13.8. The van der Waals surface area contributed by atoms with Gasteiger partial charge in [-0.3, -0.25) is 14.5 Å². The maximum atomic E-state index is 15.0. The summed E-state index contributed by atoms with van der Waals surface area (Å²) in [6.07, 6.45) is 10.7. The van der Waals surface area contributed by atoms with Crippen LogP contribution in [0.4, 0.5) is 0 Å². The molecule has 6 heterocycles. The Bertz CT molecular complexity index is 3350. The maximum absolute atomic E-state index is 15.0. The van der Waals surface area contributed by atoms with Gasteiger partial charge in [0.1, 0.15) is 28.6 Å². The first-order chi connectivity index (χ1) is 41.4. The van der Waals surface area contributed by atoms with E-state index >= 15 is 5.11 Å². The molecule has 1 saturated heterocycles. The van der Waals surface area contributed by atoms with E-state index in [9.17, 15) is 45.0 Å². The number of likely N-dealkylation sites (tertiary alicyclic amines) is 1. The van der Waals surface area contributed by atoms with Crippen LogP contribution in [0.3, 0.4) is 0 Å². The van der Waals surface area contributed by atoms with E-state index in [0.29, 0.717) is 80.5 Å². The van der Waals surface area contributed by atoms with Gasteiger partial charge < -0.3 is 64.4 Å². The predicted octanol–water partition coefficient (Wildman–Crippen LogP) is 6.81. The molecule has 5 aliphatic heterocycles. The number of aromatic nitrogens is 1. The molecule has 3 aromatic carbocycles. The monoisotopic (exact) mass is 1200 g/mol. The van der Waals surface area contributed by atoms with Crippen LogP contribution in [-0.2, 0) is 49.7 Å². The number of hydrogen-bond donors (Lipinski definition) is 8. The molecule has 4 aromatic rings. The number of nitrogens with one attached hydrogen (secondary N) is 1. The standard InChI is InChI=1S/C66H78N2O15S2/c1-3-80-64(77)63-49(31-72)56-41-23-42(30-71)59(76)45(25-41)44-24-40-14-18-67-52(40)26-39(44)10-9-36(29-70)34-81-61-48-28-65(83-60(48)50(32-73)62(82-63)57(56)61)17-13-38(16-21-69)58-47-27-46-51(66(58,65)78)15-20-68(19-6-22-79-2)53(46)35-84-85-55(33-74)43-8-5-4-7-37(43)11-12-54(47)75/h4-5,7-8,13-14,17-18,24,26-27,31,36,38,42,45-46,51,53-55,58,67,69-71,73-75,78H,3,6,9-12,15-16,19-23,25,28-30,32-35H2,1-2H3. The number of allylic oxidation sites excluding steroid dienone is 4. The fourth-order valence-corrected chi connectivity index (χ4v) is 18.8. The number of aromatic amines is 1. The lowest BCUT2D eigenvalue weighted by molar-refractivity contribution is -0.207. The fraction of sp³-hybridized carbons (Fsp3) is 0.530. The highest BCUT2D eigenvalue weighted by Crippen LogP contribution is 2.65. The molecule has 1 saturated carbocycles. The van der Waals surface area contributed by atoms with Crippen molar-refractivity contribution in [2.75, 3.05) is 72.2 Å². The smallest absolute Gasteiger partial charge is 0.375 e. The number of carbonyl (C=O) groups is 3. The van der Waals surface area contributed by atoms with E-state index in [0.717, 1.165) is 39.6 Å². The summed E-state index contributed by atoms with van der Waals surface area (Å²) in [5, 5.41) is 84.8. The van der Waals surface area contributed by atoms with Crippen molar-refractivity contribution in [2.45, 2.75) is 112 Å². The molecule has 12 unspecified atom stereocenters. The molecule has 3 aliphatic carbocycles. The lowest BCUT2D eigenvalue weighted by Gasteiger charge is -2.62. The number of rotatable bonds is 13. The second kappa shape index (κ2) is 25.1. The van der Waals surface area contributed by atoms with E-state index in [1.807, 2.05) is 54.7 Å². The number of nitrogens with zero attached hydrogens (tertiary/aromatic N) is 1. The third kappa shape index (κ3) is 10.3. The Morgan fingerprint density at radius 1 is 0.976 bits per heavy atom. The van der Waals surface area contributed by atoms with E-state index in [1.165, 1.54) is 0 Å². The zero-order valence-electron chi connectivity index (χ0n) is 48.2. The highest BCUT2D eigenvalue weighted by atomic mass is 33.1. The van der Waals surface area contributed by atoms with Crippen molar-refractivity contribution in [2.24, 2.45) is 35.5 Å². The predicted molar refractivity (Wildman–Crippen MR) is 322 cm³/mol. The van der Waals surface area contributed by atoms with E-state index in [2.05, 4.69) is 22.0 Å². The van der Waals surface area contributed by atoms with Gasteiger partial charge in [0.25, 0.3) is 0 Å². The minimum atomic E-state index is -1.83. The van der Waals surface area contributed by atoms with Gasteiger partial charge in [-0.2, -0.15) is 0 Å². The van der Waals surface area contributed by atoms with Crippen molar-refractivity contribution in [1.82, 2.24) is 9.88 Å². The van der Waals surface area contributed by atoms with Crippen LogP contribution in [0.5, 0.6) is 17.2 Å². The molecule has 12 rings (SSSR count). The maximum Gasteiger partial charge on any atom is 0.375 e. The number of H-pyrrole nitrogens is 1. The molecule has 17 nitrogen and oxygen atoms in total. The number of piperidine rings is 1. The summed E-state index contributed by atoms with van der Waals surface area (Å²) in [6.45, 7) is 1.60. The Morgan fingerprint density at radius 2 is 1.81 bits per heavy atom. The number of hydrogen-bond acceptors (Lipinski definition) is 18. The number of aliphatic hydroxyl groups excluding tert-OH is 6. The number of methoxy groups -OCH3 is 1. The first-order valence-electron chi connectivity index (χ1n) is 30.3. The van der Waals surface area contributed by atoms with Crippen molar-refractivity contribution in [1.29, 1.82) is 0 Å². The molecule has 85 heavy (non-hydrogen) atoms. The summed E-state index contributed by atoms with van der Waals surface area (Å²) in [5.74, 6) is -5.01. The number of aliphatic hydroxyl groups is 7. The van der Waals surface area contributed by atoms with Crippen molar-refractivity contribution >= 4 is 56.1 Å². The largest absolute Gasteiger partial charge is 0.492 e. The van der Waals surface area contributed by atoms with E-state index in [-0.39, 0.29) is 121 Å². The van der Waals surface area contributed by atoms with Crippen LogP contribution < -0.4 is 14.2 Å². The normalized spacial score (nSPS) is 30.9. The molecule has 2 fully saturated rings. The first-order valence-corrected chi connectivity index (χ1v) is 32.7. The minimum Gasteiger partial charge on any atom is -0.492 e. The number of aldehydes is 1. The second-order valence-corrected chi connectivity index (χ2v) is 26.9. The third-order valence-corrected chi connectivity index (χ3v) is 22.7. The molecule has 8 N–H and O–H groups in total. The van der Waals surface area contributed by atoms with Gasteiger partial charge in [0.2, 0.25) is 5.76 Å². The number of ether oxygens (including phenoxy) is 5. The van der Waals surface area contributed by atoms with Crippen molar-refractivity contribution in [3.63, 3.8) is 0 Å². The molecule has 1 aromatic heterocycles. The van der Waals surface area contributed by atoms with Crippen molar-refractivity contribution < 1.29 is 73.8 Å². The molecule has 4 bridgehead atoms.